The summed E-state index contributed by atoms with van der Waals surface area (Å²) >= 11 is 0. The average Bonchev–Trinajstić information content (AvgIpc) is 2.75. The van der Waals surface area contributed by atoms with Gasteiger partial charge in [-0.05, 0) is 48.1 Å². The second-order valence-corrected chi connectivity index (χ2v) is 7.50. The lowest BCUT2D eigenvalue weighted by atomic mass is 10.0. The van der Waals surface area contributed by atoms with Crippen molar-refractivity contribution in [2.45, 2.75) is 38.5 Å². The molecule has 4 N–H and O–H groups in total. The zero-order valence-corrected chi connectivity index (χ0v) is 19.9. The maximum atomic E-state index is 9.69. The molecule has 3 rings (SSSR count). The van der Waals surface area contributed by atoms with Crippen molar-refractivity contribution < 1.29 is 9.84 Å². The normalized spacial score (nSPS) is 15.5. The fraction of sp³-hybridized carbons (Fsp3) is 0.435. The highest BCUT2D eigenvalue weighted by atomic mass is 127. The van der Waals surface area contributed by atoms with Crippen LogP contribution in [0.1, 0.15) is 29.5 Å². The number of ether oxygens (including phenoxy) is 1. The lowest BCUT2D eigenvalue weighted by Gasteiger charge is -2.30. The number of aliphatic imine (C=N–C) groups is 1. The number of rotatable bonds is 8. The molecular weight excluding hydrogens is 491 g/mol. The highest BCUT2D eigenvalue weighted by molar-refractivity contribution is 14.0. The van der Waals surface area contributed by atoms with E-state index in [9.17, 15) is 5.11 Å². The third-order valence-corrected chi connectivity index (χ3v) is 5.37. The van der Waals surface area contributed by atoms with Gasteiger partial charge in [-0.15, -0.1) is 24.0 Å². The number of methoxy groups -OCH3 is 1. The van der Waals surface area contributed by atoms with Crippen LogP contribution < -0.4 is 15.8 Å². The van der Waals surface area contributed by atoms with E-state index in [2.05, 4.69) is 45.5 Å². The molecule has 0 radical (unpaired) electrons. The van der Waals surface area contributed by atoms with Gasteiger partial charge >= 0.3 is 0 Å². The summed E-state index contributed by atoms with van der Waals surface area (Å²) in [4.78, 5) is 6.92. The van der Waals surface area contributed by atoms with Gasteiger partial charge in [0.1, 0.15) is 5.75 Å². The first kappa shape index (κ1) is 24.4. The lowest BCUT2D eigenvalue weighted by Crippen LogP contribution is -2.35. The smallest absolute Gasteiger partial charge is 0.188 e. The van der Waals surface area contributed by atoms with Gasteiger partial charge in [0.25, 0.3) is 0 Å². The summed E-state index contributed by atoms with van der Waals surface area (Å²) in [7, 11) is 1.67. The summed E-state index contributed by atoms with van der Waals surface area (Å²) in [6.07, 6.45) is 2.43. The van der Waals surface area contributed by atoms with Gasteiger partial charge in [-0.25, -0.2) is 4.99 Å². The molecule has 164 valence electrons. The van der Waals surface area contributed by atoms with Gasteiger partial charge in [-0.3, -0.25) is 4.90 Å². The molecule has 1 aliphatic rings. The van der Waals surface area contributed by atoms with Gasteiger partial charge in [0, 0.05) is 26.2 Å². The number of piperidine rings is 1. The minimum Gasteiger partial charge on any atom is -0.497 e. The van der Waals surface area contributed by atoms with Gasteiger partial charge in [-0.1, -0.05) is 36.4 Å². The molecule has 6 nitrogen and oxygen atoms in total. The first-order valence-corrected chi connectivity index (χ1v) is 10.3. The summed E-state index contributed by atoms with van der Waals surface area (Å²) < 4.78 is 5.18. The van der Waals surface area contributed by atoms with E-state index < -0.39 is 0 Å². The number of halogens is 1. The molecule has 0 bridgehead atoms. The molecule has 0 atom stereocenters. The Balaban J connectivity index is 0.00000320. The monoisotopic (exact) mass is 524 g/mol. The van der Waals surface area contributed by atoms with Crippen LogP contribution in [0.2, 0.25) is 0 Å². The van der Waals surface area contributed by atoms with E-state index in [1.807, 2.05) is 18.2 Å². The molecule has 1 heterocycles. The number of aliphatic hydroxyl groups is 1. The summed E-state index contributed by atoms with van der Waals surface area (Å²) in [5.41, 5.74) is 9.76. The molecule has 0 unspecified atom stereocenters. The number of nitrogens with two attached hydrogens (primary N) is 1. The summed E-state index contributed by atoms with van der Waals surface area (Å²) in [5, 5.41) is 12.9. The topological polar surface area (TPSA) is 83.1 Å². The maximum Gasteiger partial charge on any atom is 0.188 e. The van der Waals surface area contributed by atoms with E-state index in [1.165, 1.54) is 16.7 Å². The molecule has 0 saturated carbocycles. The van der Waals surface area contributed by atoms with Gasteiger partial charge in [0.05, 0.1) is 19.8 Å². The van der Waals surface area contributed by atoms with Crippen LogP contribution >= 0.6 is 24.0 Å². The van der Waals surface area contributed by atoms with Gasteiger partial charge in [-0.2, -0.15) is 0 Å². The molecule has 30 heavy (non-hydrogen) atoms. The fourth-order valence-electron chi connectivity index (χ4n) is 3.54. The molecule has 1 saturated heterocycles. The Hall–Kier alpha value is -1.84. The quantitative estimate of drug-likeness (QED) is 0.281. The summed E-state index contributed by atoms with van der Waals surface area (Å²) in [5.74, 6) is 1.33. The number of hydrogen-bond acceptors (Lipinski definition) is 4. The third kappa shape index (κ3) is 7.77. The standard InChI is InChI=1S/C23H32N4O2.HI/c1-29-22-8-6-18(7-9-22)10-13-25-23(24)26-16-19-4-2-3-5-20(19)17-27-14-11-21(28)12-15-27;/h2-9,21,28H,10-17H2,1H3,(H3,24,25,26);1H. The highest BCUT2D eigenvalue weighted by Crippen LogP contribution is 2.17. The van der Waals surface area contributed by atoms with Crippen LogP contribution in [0.25, 0.3) is 0 Å². The third-order valence-electron chi connectivity index (χ3n) is 5.37. The van der Waals surface area contributed by atoms with Gasteiger partial charge in [0.15, 0.2) is 5.96 Å². The van der Waals surface area contributed by atoms with Crippen LogP contribution in [0.4, 0.5) is 0 Å². The van der Waals surface area contributed by atoms with Gasteiger partial charge in [0.2, 0.25) is 0 Å². The Labute approximate surface area is 196 Å². The number of hydrogen-bond donors (Lipinski definition) is 3. The fourth-order valence-corrected chi connectivity index (χ4v) is 3.54. The first-order valence-electron chi connectivity index (χ1n) is 10.3. The van der Waals surface area contributed by atoms with Crippen molar-refractivity contribution >= 4 is 29.9 Å². The average molecular weight is 524 g/mol. The molecule has 2 aromatic carbocycles. The number of benzene rings is 2. The minimum atomic E-state index is -0.144. The second-order valence-electron chi connectivity index (χ2n) is 7.50. The van der Waals surface area contributed by atoms with Crippen molar-refractivity contribution in [3.63, 3.8) is 0 Å². The number of guanidine groups is 1. The van der Waals surface area contributed by atoms with E-state index in [0.29, 0.717) is 12.5 Å². The SMILES string of the molecule is COc1ccc(CCNC(N)=NCc2ccccc2CN2CCC(O)CC2)cc1.I. The van der Waals surface area contributed by atoms with Crippen molar-refractivity contribution in [2.24, 2.45) is 10.7 Å². The maximum absolute atomic E-state index is 9.69. The van der Waals surface area contributed by atoms with Crippen molar-refractivity contribution in [3.8, 4) is 5.75 Å². The molecule has 7 heteroatoms. The summed E-state index contributed by atoms with van der Waals surface area (Å²) in [6.45, 7) is 4.07. The van der Waals surface area contributed by atoms with Crippen LogP contribution in [-0.2, 0) is 19.5 Å². The van der Waals surface area contributed by atoms with Crippen LogP contribution in [0.3, 0.4) is 0 Å². The van der Waals surface area contributed by atoms with Gasteiger partial charge < -0.3 is 20.9 Å². The summed E-state index contributed by atoms with van der Waals surface area (Å²) in [6, 6.07) is 16.4. The highest BCUT2D eigenvalue weighted by Gasteiger charge is 2.17. The number of nitrogens with zero attached hydrogens (tertiary/aromatic N) is 2. The molecule has 0 aromatic heterocycles. The zero-order chi connectivity index (χ0) is 20.5. The number of nitrogens with one attached hydrogen (secondary N) is 1. The molecule has 1 aliphatic heterocycles. The van der Waals surface area contributed by atoms with E-state index in [1.54, 1.807) is 7.11 Å². The zero-order valence-electron chi connectivity index (χ0n) is 17.6. The predicted molar refractivity (Wildman–Crippen MR) is 132 cm³/mol. The van der Waals surface area contributed by atoms with E-state index in [4.69, 9.17) is 10.5 Å². The second kappa shape index (κ2) is 12.8. The van der Waals surface area contributed by atoms with Crippen LogP contribution in [0.15, 0.2) is 53.5 Å². The van der Waals surface area contributed by atoms with E-state index >= 15 is 0 Å². The Kier molecular flexibility index (Phi) is 10.4. The molecule has 0 spiro atoms. The molecular formula is C23H33IN4O2. The van der Waals surface area contributed by atoms with Crippen LogP contribution in [0, 0.1) is 0 Å². The van der Waals surface area contributed by atoms with Crippen LogP contribution in [0.5, 0.6) is 5.75 Å². The number of aliphatic hydroxyl groups excluding tert-OH is 1. The first-order chi connectivity index (χ1) is 14.1. The number of likely N-dealkylation sites (tertiary alicyclic amines) is 1. The van der Waals surface area contributed by atoms with Crippen molar-refractivity contribution in [1.29, 1.82) is 0 Å². The largest absolute Gasteiger partial charge is 0.497 e. The Bertz CT molecular complexity index is 790. The van der Waals surface area contributed by atoms with Crippen LogP contribution in [-0.4, -0.2) is 48.8 Å². The molecule has 0 amide bonds. The van der Waals surface area contributed by atoms with E-state index in [-0.39, 0.29) is 30.1 Å². The lowest BCUT2D eigenvalue weighted by molar-refractivity contribution is 0.0791. The molecule has 1 fully saturated rings. The van der Waals surface area contributed by atoms with Crippen molar-refractivity contribution in [1.82, 2.24) is 10.2 Å². The molecule has 2 aromatic rings. The predicted octanol–water partition coefficient (Wildman–Crippen LogP) is 2.92. The Morgan fingerprint density at radius 2 is 1.80 bits per heavy atom. The molecule has 0 aliphatic carbocycles. The van der Waals surface area contributed by atoms with Crippen molar-refractivity contribution in [3.05, 3.63) is 65.2 Å². The Morgan fingerprint density at radius 3 is 2.47 bits per heavy atom. The van der Waals surface area contributed by atoms with E-state index in [0.717, 1.165) is 51.2 Å². The minimum absolute atomic E-state index is 0. The Morgan fingerprint density at radius 1 is 1.13 bits per heavy atom. The van der Waals surface area contributed by atoms with Crippen molar-refractivity contribution in [2.75, 3.05) is 26.7 Å².